The van der Waals surface area contributed by atoms with E-state index in [-0.39, 0.29) is 17.9 Å². The van der Waals surface area contributed by atoms with Gasteiger partial charge in [0.1, 0.15) is 18.1 Å². The van der Waals surface area contributed by atoms with Crippen LogP contribution in [0, 0.1) is 5.41 Å². The number of fused-ring (bicyclic) bond motifs is 3. The largest absolute Gasteiger partial charge is 0.495 e. The normalized spacial score (nSPS) is 12.7. The first-order valence-corrected chi connectivity index (χ1v) is 11.0. The Kier molecular flexibility index (Phi) is 5.16. The second-order valence-electron chi connectivity index (χ2n) is 8.08. The van der Waals surface area contributed by atoms with Crippen LogP contribution < -0.4 is 14.8 Å². The molecule has 8 heteroatoms. The summed E-state index contributed by atoms with van der Waals surface area (Å²) in [7, 11) is 1.62. The fraction of sp³-hybridized carbons (Fsp3) is 0.333. The lowest BCUT2D eigenvalue weighted by Gasteiger charge is -2.21. The Morgan fingerprint density at radius 1 is 1.41 bits per heavy atom. The summed E-state index contributed by atoms with van der Waals surface area (Å²) in [6, 6.07) is 5.79. The molecule has 0 atom stereocenters. The van der Waals surface area contributed by atoms with Crippen LogP contribution >= 0.6 is 27.3 Å². The zero-order chi connectivity index (χ0) is 20.8. The smallest absolute Gasteiger partial charge is 0.272 e. The average Bonchev–Trinajstić information content (AvgIpc) is 3.32. The van der Waals surface area contributed by atoms with E-state index in [9.17, 15) is 4.79 Å². The predicted molar refractivity (Wildman–Crippen MR) is 117 cm³/mol. The number of aromatic nitrogens is 2. The minimum atomic E-state index is -0.190. The third kappa shape index (κ3) is 3.79. The van der Waals surface area contributed by atoms with Crippen molar-refractivity contribution >= 4 is 33.2 Å². The van der Waals surface area contributed by atoms with Crippen LogP contribution in [-0.2, 0) is 6.61 Å². The van der Waals surface area contributed by atoms with Gasteiger partial charge in [0.05, 0.1) is 23.0 Å². The number of hydrogen-bond donors (Lipinski definition) is 1. The highest BCUT2D eigenvalue weighted by Crippen LogP contribution is 2.44. The SMILES string of the molecule is COc1cc2c(cc1Br)-c1c(c(C(=O)NCC(C)(C)C)nn1-c1ccsc1)CO2. The first kappa shape index (κ1) is 20.0. The zero-order valence-corrected chi connectivity index (χ0v) is 19.1. The molecule has 3 aromatic rings. The molecule has 4 rings (SSSR count). The van der Waals surface area contributed by atoms with Crippen LogP contribution in [0.4, 0.5) is 0 Å². The fourth-order valence-corrected chi connectivity index (χ4v) is 4.31. The average molecular weight is 476 g/mol. The van der Waals surface area contributed by atoms with Gasteiger partial charge in [-0.05, 0) is 38.9 Å². The molecule has 0 radical (unpaired) electrons. The summed E-state index contributed by atoms with van der Waals surface area (Å²) in [6.45, 7) is 7.08. The van der Waals surface area contributed by atoms with E-state index in [0.29, 0.717) is 23.7 Å². The van der Waals surface area contributed by atoms with E-state index in [1.165, 1.54) is 0 Å². The van der Waals surface area contributed by atoms with E-state index < -0.39 is 0 Å². The lowest BCUT2D eigenvalue weighted by molar-refractivity contribution is 0.0931. The summed E-state index contributed by atoms with van der Waals surface area (Å²) < 4.78 is 14.0. The van der Waals surface area contributed by atoms with Crippen molar-refractivity contribution in [3.05, 3.63) is 44.7 Å². The Morgan fingerprint density at radius 3 is 2.86 bits per heavy atom. The molecule has 0 aliphatic carbocycles. The van der Waals surface area contributed by atoms with Crippen molar-refractivity contribution in [2.75, 3.05) is 13.7 Å². The van der Waals surface area contributed by atoms with E-state index >= 15 is 0 Å². The molecule has 0 saturated carbocycles. The van der Waals surface area contributed by atoms with Crippen molar-refractivity contribution in [3.63, 3.8) is 0 Å². The molecule has 3 heterocycles. The Bertz CT molecular complexity index is 1070. The molecule has 6 nitrogen and oxygen atoms in total. The zero-order valence-electron chi connectivity index (χ0n) is 16.7. The van der Waals surface area contributed by atoms with Crippen LogP contribution in [0.2, 0.25) is 0 Å². The molecule has 1 aliphatic rings. The van der Waals surface area contributed by atoms with Crippen molar-refractivity contribution in [2.24, 2.45) is 5.41 Å². The highest BCUT2D eigenvalue weighted by Gasteiger charge is 2.31. The summed E-state index contributed by atoms with van der Waals surface area (Å²) >= 11 is 5.14. The minimum absolute atomic E-state index is 0.0177. The number of amides is 1. The van der Waals surface area contributed by atoms with Crippen molar-refractivity contribution in [1.82, 2.24) is 15.1 Å². The number of rotatable bonds is 4. The molecular weight excluding hydrogens is 454 g/mol. The van der Waals surface area contributed by atoms with Gasteiger partial charge >= 0.3 is 0 Å². The molecule has 29 heavy (non-hydrogen) atoms. The molecule has 0 saturated heterocycles. The van der Waals surface area contributed by atoms with Gasteiger partial charge in [-0.1, -0.05) is 20.8 Å². The third-order valence-electron chi connectivity index (χ3n) is 4.61. The molecule has 0 bridgehead atoms. The lowest BCUT2D eigenvalue weighted by Crippen LogP contribution is -2.33. The molecular formula is C21H22BrN3O3S. The minimum Gasteiger partial charge on any atom is -0.495 e. The van der Waals surface area contributed by atoms with Crippen LogP contribution in [0.25, 0.3) is 16.9 Å². The maximum absolute atomic E-state index is 13.0. The van der Waals surface area contributed by atoms with Gasteiger partial charge in [0.25, 0.3) is 5.91 Å². The van der Waals surface area contributed by atoms with Crippen LogP contribution in [0.1, 0.15) is 36.8 Å². The van der Waals surface area contributed by atoms with E-state index in [1.54, 1.807) is 18.4 Å². The Morgan fingerprint density at radius 2 is 2.21 bits per heavy atom. The van der Waals surface area contributed by atoms with Gasteiger partial charge in [0.2, 0.25) is 0 Å². The van der Waals surface area contributed by atoms with Crippen LogP contribution in [0.15, 0.2) is 33.4 Å². The third-order valence-corrected chi connectivity index (χ3v) is 5.90. The summed E-state index contributed by atoms with van der Waals surface area (Å²) in [5.41, 5.74) is 3.82. The van der Waals surface area contributed by atoms with Crippen molar-refractivity contribution < 1.29 is 14.3 Å². The molecule has 0 spiro atoms. The van der Waals surface area contributed by atoms with Crippen molar-refractivity contribution in [3.8, 4) is 28.4 Å². The van der Waals surface area contributed by atoms with Gasteiger partial charge in [-0.3, -0.25) is 4.79 Å². The van der Waals surface area contributed by atoms with Gasteiger partial charge in [0.15, 0.2) is 5.69 Å². The number of hydrogen-bond acceptors (Lipinski definition) is 5. The van der Waals surface area contributed by atoms with Crippen molar-refractivity contribution in [1.29, 1.82) is 0 Å². The summed E-state index contributed by atoms with van der Waals surface area (Å²) in [4.78, 5) is 13.0. The number of carbonyl (C=O) groups excluding carboxylic acids is 1. The van der Waals surface area contributed by atoms with E-state index in [4.69, 9.17) is 14.6 Å². The van der Waals surface area contributed by atoms with Gasteiger partial charge in [-0.15, -0.1) is 0 Å². The standard InChI is InChI=1S/C21H22BrN3O3S/c1-21(2,3)11-23-20(26)18-14-9-28-16-8-17(27-4)15(22)7-13(16)19(14)25(24-18)12-5-6-29-10-12/h5-8,10H,9,11H2,1-4H3,(H,23,26). The van der Waals surface area contributed by atoms with Gasteiger partial charge in [-0.25, -0.2) is 4.68 Å². The highest BCUT2D eigenvalue weighted by molar-refractivity contribution is 9.10. The second-order valence-corrected chi connectivity index (χ2v) is 9.72. The number of halogens is 1. The van der Waals surface area contributed by atoms with Crippen LogP contribution in [-0.4, -0.2) is 29.3 Å². The highest BCUT2D eigenvalue weighted by atomic mass is 79.9. The van der Waals surface area contributed by atoms with E-state index in [1.807, 2.05) is 33.6 Å². The summed E-state index contributed by atoms with van der Waals surface area (Å²) in [5, 5.41) is 11.7. The molecule has 152 valence electrons. The molecule has 1 amide bonds. The Balaban J connectivity index is 1.85. The Labute approximate surface area is 182 Å². The molecule has 0 unspecified atom stereocenters. The van der Waals surface area contributed by atoms with Crippen LogP contribution in [0.5, 0.6) is 11.5 Å². The van der Waals surface area contributed by atoms with E-state index in [0.717, 1.165) is 27.0 Å². The quantitative estimate of drug-likeness (QED) is 0.573. The first-order valence-electron chi connectivity index (χ1n) is 9.22. The summed E-state index contributed by atoms with van der Waals surface area (Å²) in [6.07, 6.45) is 0. The van der Waals surface area contributed by atoms with Crippen LogP contribution in [0.3, 0.4) is 0 Å². The Hall–Kier alpha value is -2.32. The molecule has 0 fully saturated rings. The number of thiophene rings is 1. The maximum atomic E-state index is 13.0. The monoisotopic (exact) mass is 475 g/mol. The maximum Gasteiger partial charge on any atom is 0.272 e. The molecule has 2 aromatic heterocycles. The number of benzene rings is 1. The molecule has 1 aliphatic heterocycles. The number of carbonyl (C=O) groups is 1. The number of methoxy groups -OCH3 is 1. The predicted octanol–water partition coefficient (Wildman–Crippen LogP) is 5.04. The number of nitrogens with one attached hydrogen (secondary N) is 1. The fourth-order valence-electron chi connectivity index (χ4n) is 3.19. The van der Waals surface area contributed by atoms with Crippen molar-refractivity contribution in [2.45, 2.75) is 27.4 Å². The lowest BCUT2D eigenvalue weighted by atomic mass is 9.97. The molecule has 1 aromatic carbocycles. The summed E-state index contributed by atoms with van der Waals surface area (Å²) in [5.74, 6) is 1.21. The first-order chi connectivity index (χ1) is 13.8. The van der Waals surface area contributed by atoms with Gasteiger partial charge in [0, 0.05) is 29.1 Å². The van der Waals surface area contributed by atoms with E-state index in [2.05, 4.69) is 42.0 Å². The number of nitrogens with zero attached hydrogens (tertiary/aromatic N) is 2. The molecule has 1 N–H and O–H groups in total. The van der Waals surface area contributed by atoms with Gasteiger partial charge in [-0.2, -0.15) is 16.4 Å². The van der Waals surface area contributed by atoms with Gasteiger partial charge < -0.3 is 14.8 Å². The topological polar surface area (TPSA) is 65.4 Å². The second kappa shape index (κ2) is 7.50. The number of ether oxygens (including phenoxy) is 2.